The van der Waals surface area contributed by atoms with E-state index < -0.39 is 0 Å². The Kier molecular flexibility index (Phi) is 3.20. The van der Waals surface area contributed by atoms with E-state index in [4.69, 9.17) is 4.74 Å². The smallest absolute Gasteiger partial charge is 0.227 e. The van der Waals surface area contributed by atoms with Gasteiger partial charge in [0.2, 0.25) is 5.91 Å². The molecule has 1 amide bonds. The van der Waals surface area contributed by atoms with Gasteiger partial charge in [0.1, 0.15) is 5.75 Å². The maximum Gasteiger partial charge on any atom is 0.227 e. The van der Waals surface area contributed by atoms with Crippen LogP contribution < -0.4 is 4.74 Å². The molecule has 2 heterocycles. The summed E-state index contributed by atoms with van der Waals surface area (Å²) in [5, 5.41) is 0. The Morgan fingerprint density at radius 3 is 2.78 bits per heavy atom. The summed E-state index contributed by atoms with van der Waals surface area (Å²) in [4.78, 5) is 14.3. The van der Waals surface area contributed by atoms with Crippen LogP contribution >= 0.6 is 11.8 Å². The Balaban J connectivity index is 1.73. The van der Waals surface area contributed by atoms with E-state index in [0.717, 1.165) is 30.2 Å². The fourth-order valence-corrected chi connectivity index (χ4v) is 4.04. The third kappa shape index (κ3) is 2.09. The van der Waals surface area contributed by atoms with Gasteiger partial charge >= 0.3 is 0 Å². The molecule has 0 aromatic heterocycles. The van der Waals surface area contributed by atoms with Crippen LogP contribution in [0.3, 0.4) is 0 Å². The van der Waals surface area contributed by atoms with Gasteiger partial charge in [-0.05, 0) is 24.1 Å². The Labute approximate surface area is 111 Å². The lowest BCUT2D eigenvalue weighted by atomic mass is 10.1. The number of amides is 1. The molecule has 0 N–H and O–H groups in total. The highest BCUT2D eigenvalue weighted by Gasteiger charge is 2.41. The zero-order chi connectivity index (χ0) is 12.5. The van der Waals surface area contributed by atoms with Gasteiger partial charge in [0.15, 0.2) is 0 Å². The van der Waals surface area contributed by atoms with Gasteiger partial charge in [0.25, 0.3) is 0 Å². The van der Waals surface area contributed by atoms with E-state index in [9.17, 15) is 4.79 Å². The summed E-state index contributed by atoms with van der Waals surface area (Å²) < 4.78 is 5.15. The van der Waals surface area contributed by atoms with E-state index >= 15 is 0 Å². The number of hydrogen-bond acceptors (Lipinski definition) is 3. The summed E-state index contributed by atoms with van der Waals surface area (Å²) in [6.07, 6.45) is 1.06. The number of ether oxygens (including phenoxy) is 1. The number of methoxy groups -OCH3 is 1. The van der Waals surface area contributed by atoms with Gasteiger partial charge in [-0.15, -0.1) is 0 Å². The Morgan fingerprint density at radius 2 is 2.11 bits per heavy atom. The Morgan fingerprint density at radius 1 is 1.33 bits per heavy atom. The van der Waals surface area contributed by atoms with Crippen LogP contribution in [0.1, 0.15) is 12.0 Å². The minimum atomic E-state index is 0.270. The van der Waals surface area contributed by atoms with Crippen molar-refractivity contribution in [2.45, 2.75) is 19.0 Å². The molecular weight excluding hydrogens is 246 g/mol. The van der Waals surface area contributed by atoms with Crippen molar-refractivity contribution in [3.63, 3.8) is 0 Å². The maximum atomic E-state index is 12.2. The van der Waals surface area contributed by atoms with Gasteiger partial charge in [-0.2, -0.15) is 11.8 Å². The monoisotopic (exact) mass is 263 g/mol. The molecule has 0 spiro atoms. The quantitative estimate of drug-likeness (QED) is 0.837. The van der Waals surface area contributed by atoms with E-state index in [0.29, 0.717) is 11.9 Å². The van der Waals surface area contributed by atoms with Crippen molar-refractivity contribution in [2.75, 3.05) is 18.6 Å². The third-order valence-corrected chi connectivity index (χ3v) is 5.03. The zero-order valence-electron chi connectivity index (χ0n) is 10.5. The summed E-state index contributed by atoms with van der Waals surface area (Å²) in [5.41, 5.74) is 1.18. The average Bonchev–Trinajstić information content (AvgIpc) is 2.63. The highest BCUT2D eigenvalue weighted by molar-refractivity contribution is 7.99. The van der Waals surface area contributed by atoms with Crippen LogP contribution in [-0.2, 0) is 11.3 Å². The molecular formula is C14H17NO2S. The summed E-state index contributed by atoms with van der Waals surface area (Å²) in [6, 6.07) is 8.44. The molecule has 1 aromatic rings. The van der Waals surface area contributed by atoms with Gasteiger partial charge in [0, 0.05) is 30.0 Å². The second kappa shape index (κ2) is 4.84. The highest BCUT2D eigenvalue weighted by atomic mass is 32.2. The van der Waals surface area contributed by atoms with E-state index in [1.54, 1.807) is 7.11 Å². The first-order chi connectivity index (χ1) is 8.78. The third-order valence-electron chi connectivity index (χ3n) is 3.77. The fourth-order valence-electron chi connectivity index (χ4n) is 2.75. The largest absolute Gasteiger partial charge is 0.497 e. The Bertz CT molecular complexity index is 446. The maximum absolute atomic E-state index is 12.2. The molecule has 2 aliphatic heterocycles. The number of fused-ring (bicyclic) bond motifs is 2. The molecule has 2 atom stereocenters. The number of carbonyl (C=O) groups is 1. The first kappa shape index (κ1) is 11.9. The second-order valence-corrected chi connectivity index (χ2v) is 6.01. The van der Waals surface area contributed by atoms with Crippen LogP contribution in [0, 0.1) is 5.92 Å². The number of carbonyl (C=O) groups excluding carboxylic acids is 1. The van der Waals surface area contributed by atoms with Gasteiger partial charge < -0.3 is 9.64 Å². The van der Waals surface area contributed by atoms with Crippen molar-refractivity contribution in [2.24, 2.45) is 5.92 Å². The fraction of sp³-hybridized carbons (Fsp3) is 0.500. The average molecular weight is 263 g/mol. The first-order valence-electron chi connectivity index (χ1n) is 6.29. The summed E-state index contributed by atoms with van der Waals surface area (Å²) >= 11 is 1.92. The van der Waals surface area contributed by atoms with Crippen LogP contribution in [0.25, 0.3) is 0 Å². The molecule has 2 fully saturated rings. The van der Waals surface area contributed by atoms with Crippen molar-refractivity contribution in [1.82, 2.24) is 4.90 Å². The van der Waals surface area contributed by atoms with Crippen molar-refractivity contribution >= 4 is 17.7 Å². The minimum Gasteiger partial charge on any atom is -0.497 e. The summed E-state index contributed by atoms with van der Waals surface area (Å²) in [5.74, 6) is 3.58. The number of rotatable bonds is 3. The highest BCUT2D eigenvalue weighted by Crippen LogP contribution is 2.35. The number of hydrogen-bond donors (Lipinski definition) is 0. The van der Waals surface area contributed by atoms with Crippen molar-refractivity contribution in [3.05, 3.63) is 29.8 Å². The molecule has 2 saturated heterocycles. The molecule has 96 valence electrons. The standard InChI is InChI=1S/C14H17NO2S/c1-17-13-4-2-10(3-5-13)7-15-12-6-11(14(15)16)8-18-9-12/h2-5,11-12H,6-9H2,1H3. The van der Waals surface area contributed by atoms with Gasteiger partial charge in [0.05, 0.1) is 7.11 Å². The van der Waals surface area contributed by atoms with E-state index in [1.165, 1.54) is 5.56 Å². The summed E-state index contributed by atoms with van der Waals surface area (Å²) in [7, 11) is 1.67. The topological polar surface area (TPSA) is 29.5 Å². The van der Waals surface area contributed by atoms with Crippen molar-refractivity contribution in [1.29, 1.82) is 0 Å². The number of nitrogens with zero attached hydrogens (tertiary/aromatic N) is 1. The van der Waals surface area contributed by atoms with Crippen LogP contribution in [-0.4, -0.2) is 35.5 Å². The lowest BCUT2D eigenvalue weighted by Crippen LogP contribution is -2.33. The van der Waals surface area contributed by atoms with E-state index in [-0.39, 0.29) is 5.92 Å². The number of thioether (sulfide) groups is 1. The van der Waals surface area contributed by atoms with Crippen LogP contribution in [0.2, 0.25) is 0 Å². The van der Waals surface area contributed by atoms with Crippen LogP contribution in [0.4, 0.5) is 0 Å². The number of likely N-dealkylation sites (tertiary alicyclic amines) is 1. The van der Waals surface area contributed by atoms with E-state index in [1.807, 2.05) is 36.0 Å². The molecule has 0 saturated carbocycles. The SMILES string of the molecule is COc1ccc(CN2C(=O)C3CSCC2C3)cc1. The zero-order valence-corrected chi connectivity index (χ0v) is 11.3. The van der Waals surface area contributed by atoms with Crippen LogP contribution in [0.15, 0.2) is 24.3 Å². The predicted octanol–water partition coefficient (Wildman–Crippen LogP) is 2.16. The molecule has 0 aliphatic carbocycles. The molecule has 3 nitrogen and oxygen atoms in total. The minimum absolute atomic E-state index is 0.270. The normalized spacial score (nSPS) is 26.5. The molecule has 2 unspecified atom stereocenters. The van der Waals surface area contributed by atoms with Gasteiger partial charge in [-0.3, -0.25) is 4.79 Å². The molecule has 18 heavy (non-hydrogen) atoms. The van der Waals surface area contributed by atoms with Crippen molar-refractivity contribution in [3.8, 4) is 5.75 Å². The van der Waals surface area contributed by atoms with Gasteiger partial charge in [-0.1, -0.05) is 12.1 Å². The summed E-state index contributed by atoms with van der Waals surface area (Å²) in [6.45, 7) is 0.741. The first-order valence-corrected chi connectivity index (χ1v) is 7.44. The molecule has 4 heteroatoms. The molecule has 2 bridgehead atoms. The molecule has 1 aromatic carbocycles. The number of benzene rings is 1. The lowest BCUT2D eigenvalue weighted by molar-refractivity contribution is -0.131. The van der Waals surface area contributed by atoms with Gasteiger partial charge in [-0.25, -0.2) is 0 Å². The predicted molar refractivity (Wildman–Crippen MR) is 72.8 cm³/mol. The molecule has 0 radical (unpaired) electrons. The Hall–Kier alpha value is -1.16. The second-order valence-electron chi connectivity index (χ2n) is 4.94. The molecule has 2 aliphatic rings. The van der Waals surface area contributed by atoms with Crippen LogP contribution in [0.5, 0.6) is 5.75 Å². The molecule has 3 rings (SSSR count). The van der Waals surface area contributed by atoms with Crippen molar-refractivity contribution < 1.29 is 9.53 Å². The van der Waals surface area contributed by atoms with E-state index in [2.05, 4.69) is 4.90 Å². The lowest BCUT2D eigenvalue weighted by Gasteiger charge is -2.24.